The molecule has 3 aromatic rings. The van der Waals surface area contributed by atoms with Crippen LogP contribution in [-0.4, -0.2) is 32.7 Å². The second-order valence-corrected chi connectivity index (χ2v) is 7.44. The van der Waals surface area contributed by atoms with E-state index in [-0.39, 0.29) is 12.1 Å². The molecule has 29 heavy (non-hydrogen) atoms. The van der Waals surface area contributed by atoms with Gasteiger partial charge in [0.2, 0.25) is 0 Å². The second kappa shape index (κ2) is 8.66. The molecule has 4 rings (SSSR count). The van der Waals surface area contributed by atoms with Gasteiger partial charge in [0.25, 0.3) is 0 Å². The van der Waals surface area contributed by atoms with Crippen molar-refractivity contribution in [3.05, 3.63) is 78.4 Å². The van der Waals surface area contributed by atoms with Crippen molar-refractivity contribution in [3.8, 4) is 11.4 Å². The molecule has 6 heteroatoms. The molecule has 0 bridgehead atoms. The van der Waals surface area contributed by atoms with Crippen molar-refractivity contribution < 1.29 is 4.74 Å². The molecular formula is C23H26N4OS. The van der Waals surface area contributed by atoms with E-state index in [2.05, 4.69) is 63.2 Å². The van der Waals surface area contributed by atoms with E-state index >= 15 is 0 Å². The number of ether oxygens (including phenoxy) is 1. The summed E-state index contributed by atoms with van der Waals surface area (Å²) in [5.41, 5.74) is 3.28. The van der Waals surface area contributed by atoms with E-state index in [0.717, 1.165) is 35.2 Å². The minimum Gasteiger partial charge on any atom is -0.494 e. The van der Waals surface area contributed by atoms with Crippen LogP contribution in [0, 0.1) is 0 Å². The quantitative estimate of drug-likeness (QED) is 0.579. The molecular weight excluding hydrogens is 380 g/mol. The third-order valence-corrected chi connectivity index (χ3v) is 5.52. The molecule has 1 aliphatic rings. The Balaban J connectivity index is 1.74. The van der Waals surface area contributed by atoms with E-state index in [9.17, 15) is 0 Å². The fourth-order valence-electron chi connectivity index (χ4n) is 3.95. The molecule has 0 amide bonds. The van der Waals surface area contributed by atoms with Crippen LogP contribution in [0.5, 0.6) is 5.75 Å². The van der Waals surface area contributed by atoms with Crippen molar-refractivity contribution in [2.75, 3.05) is 13.2 Å². The third-order valence-electron chi connectivity index (χ3n) is 5.17. The van der Waals surface area contributed by atoms with Crippen LogP contribution in [0.2, 0.25) is 0 Å². The molecule has 2 aromatic heterocycles. The zero-order chi connectivity index (χ0) is 20.2. The van der Waals surface area contributed by atoms with Gasteiger partial charge in [-0.15, -0.1) is 0 Å². The number of nitrogens with one attached hydrogen (secondary N) is 1. The summed E-state index contributed by atoms with van der Waals surface area (Å²) >= 11 is 5.70. The first-order chi connectivity index (χ1) is 14.2. The van der Waals surface area contributed by atoms with E-state index < -0.39 is 0 Å². The lowest BCUT2D eigenvalue weighted by atomic mass is 10.0. The highest BCUT2D eigenvalue weighted by atomic mass is 32.1. The lowest BCUT2D eigenvalue weighted by molar-refractivity contribution is 0.309. The Kier molecular flexibility index (Phi) is 5.81. The summed E-state index contributed by atoms with van der Waals surface area (Å²) in [7, 11) is 0. The molecule has 1 N–H and O–H groups in total. The van der Waals surface area contributed by atoms with Crippen molar-refractivity contribution in [3.63, 3.8) is 0 Å². The van der Waals surface area contributed by atoms with Crippen molar-refractivity contribution >= 4 is 17.3 Å². The molecule has 0 saturated carbocycles. The van der Waals surface area contributed by atoms with Crippen LogP contribution in [0.4, 0.5) is 0 Å². The van der Waals surface area contributed by atoms with E-state index in [1.165, 1.54) is 5.69 Å². The van der Waals surface area contributed by atoms with E-state index in [4.69, 9.17) is 17.0 Å². The Morgan fingerprint density at radius 2 is 1.90 bits per heavy atom. The van der Waals surface area contributed by atoms with Crippen LogP contribution < -0.4 is 10.1 Å². The third kappa shape index (κ3) is 3.85. The molecule has 2 atom stereocenters. The summed E-state index contributed by atoms with van der Waals surface area (Å²) in [6, 6.07) is 18.6. The lowest BCUT2D eigenvalue weighted by Gasteiger charge is -2.28. The van der Waals surface area contributed by atoms with Crippen LogP contribution in [0.3, 0.4) is 0 Å². The highest BCUT2D eigenvalue weighted by Crippen LogP contribution is 2.39. The van der Waals surface area contributed by atoms with E-state index in [1.54, 1.807) is 0 Å². The van der Waals surface area contributed by atoms with Crippen molar-refractivity contribution in [2.45, 2.75) is 32.4 Å². The van der Waals surface area contributed by atoms with Crippen LogP contribution in [0.1, 0.15) is 43.7 Å². The van der Waals surface area contributed by atoms with Gasteiger partial charge in [0.05, 0.1) is 24.4 Å². The fraction of sp³-hybridized carbons (Fsp3) is 0.304. The minimum absolute atomic E-state index is 0.00611. The van der Waals surface area contributed by atoms with Gasteiger partial charge in [0.1, 0.15) is 5.75 Å². The number of rotatable bonds is 7. The molecule has 0 radical (unpaired) electrons. The van der Waals surface area contributed by atoms with Crippen LogP contribution >= 0.6 is 12.2 Å². The Morgan fingerprint density at radius 1 is 1.07 bits per heavy atom. The predicted octanol–water partition coefficient (Wildman–Crippen LogP) is 4.65. The smallest absolute Gasteiger partial charge is 0.170 e. The number of aromatic nitrogens is 2. The fourth-order valence-corrected chi connectivity index (χ4v) is 4.28. The molecule has 3 heterocycles. The van der Waals surface area contributed by atoms with Crippen molar-refractivity contribution in [2.24, 2.45) is 0 Å². The summed E-state index contributed by atoms with van der Waals surface area (Å²) < 4.78 is 7.82. The maximum atomic E-state index is 5.70. The standard InChI is InChI=1S/C23H26N4OS/c1-3-15-27-22(21(25-23(27)29)19-8-5-6-14-24-19)20-9-7-16-26(20)17-10-12-18(13-11-17)28-4-2/h5-14,16,21-22H,3-4,15H2,1-2H3,(H,25,29). The summed E-state index contributed by atoms with van der Waals surface area (Å²) in [5, 5.41) is 4.29. The minimum atomic E-state index is 0.00611. The van der Waals surface area contributed by atoms with Crippen molar-refractivity contribution in [1.29, 1.82) is 0 Å². The summed E-state index contributed by atoms with van der Waals surface area (Å²) in [6.07, 6.45) is 4.97. The number of hydrogen-bond donors (Lipinski definition) is 1. The Hall–Kier alpha value is -2.86. The van der Waals surface area contributed by atoms with Gasteiger partial charge >= 0.3 is 0 Å². The maximum absolute atomic E-state index is 5.70. The van der Waals surface area contributed by atoms with Gasteiger partial charge in [-0.1, -0.05) is 13.0 Å². The topological polar surface area (TPSA) is 42.3 Å². The molecule has 1 saturated heterocycles. The Morgan fingerprint density at radius 3 is 2.59 bits per heavy atom. The highest BCUT2D eigenvalue weighted by molar-refractivity contribution is 7.80. The van der Waals surface area contributed by atoms with Crippen molar-refractivity contribution in [1.82, 2.24) is 19.8 Å². The van der Waals surface area contributed by atoms with Crippen LogP contribution in [0.25, 0.3) is 5.69 Å². The van der Waals surface area contributed by atoms with Crippen LogP contribution in [-0.2, 0) is 0 Å². The van der Waals surface area contributed by atoms with Gasteiger partial charge in [-0.3, -0.25) is 4.98 Å². The molecule has 150 valence electrons. The Labute approximate surface area is 177 Å². The average Bonchev–Trinajstić information content (AvgIpc) is 3.35. The largest absolute Gasteiger partial charge is 0.494 e. The summed E-state index contributed by atoms with van der Waals surface area (Å²) in [5.74, 6) is 0.882. The van der Waals surface area contributed by atoms with E-state index in [0.29, 0.717) is 6.61 Å². The number of benzene rings is 1. The van der Waals surface area contributed by atoms with Gasteiger partial charge in [-0.25, -0.2) is 0 Å². The summed E-state index contributed by atoms with van der Waals surface area (Å²) in [6.45, 7) is 5.73. The number of hydrogen-bond acceptors (Lipinski definition) is 3. The molecule has 5 nitrogen and oxygen atoms in total. The zero-order valence-electron chi connectivity index (χ0n) is 16.8. The summed E-state index contributed by atoms with van der Waals surface area (Å²) in [4.78, 5) is 6.90. The van der Waals surface area contributed by atoms with Gasteiger partial charge in [0, 0.05) is 30.3 Å². The Bertz CT molecular complexity index is 955. The number of nitrogens with zero attached hydrogens (tertiary/aromatic N) is 3. The van der Waals surface area contributed by atoms with Gasteiger partial charge in [0.15, 0.2) is 5.11 Å². The van der Waals surface area contributed by atoms with Gasteiger partial charge in [-0.05, 0) is 74.1 Å². The molecule has 2 unspecified atom stereocenters. The second-order valence-electron chi connectivity index (χ2n) is 7.05. The molecule has 0 spiro atoms. The highest BCUT2D eigenvalue weighted by Gasteiger charge is 2.40. The SMILES string of the molecule is CCCN1C(=S)NC(c2ccccn2)C1c1cccn1-c1ccc(OCC)cc1. The monoisotopic (exact) mass is 406 g/mol. The molecule has 1 aliphatic heterocycles. The first-order valence-corrected chi connectivity index (χ1v) is 10.5. The first kappa shape index (κ1) is 19.5. The lowest BCUT2D eigenvalue weighted by Crippen LogP contribution is -2.31. The first-order valence-electron chi connectivity index (χ1n) is 10.1. The zero-order valence-corrected chi connectivity index (χ0v) is 17.6. The van der Waals surface area contributed by atoms with Gasteiger partial charge < -0.3 is 19.5 Å². The number of thiocarbonyl (C=S) groups is 1. The molecule has 1 aromatic carbocycles. The molecule has 0 aliphatic carbocycles. The normalized spacial score (nSPS) is 18.7. The number of pyridine rings is 1. The predicted molar refractivity (Wildman–Crippen MR) is 119 cm³/mol. The maximum Gasteiger partial charge on any atom is 0.170 e. The van der Waals surface area contributed by atoms with Gasteiger partial charge in [-0.2, -0.15) is 0 Å². The molecule has 1 fully saturated rings. The van der Waals surface area contributed by atoms with E-state index in [1.807, 2.05) is 37.4 Å². The average molecular weight is 407 g/mol. The van der Waals surface area contributed by atoms with Crippen LogP contribution in [0.15, 0.2) is 67.0 Å².